The molecule has 0 aliphatic rings. The predicted octanol–water partition coefficient (Wildman–Crippen LogP) is 5.67. The molecule has 0 saturated carbocycles. The summed E-state index contributed by atoms with van der Waals surface area (Å²) in [6.45, 7) is 22.4. The van der Waals surface area contributed by atoms with Crippen LogP contribution in [-0.2, 0) is 0 Å². The van der Waals surface area contributed by atoms with E-state index in [0.29, 0.717) is 10.1 Å². The maximum Gasteiger partial charge on any atom is 0.0529 e. The third-order valence-corrected chi connectivity index (χ3v) is 23.0. The average molecular weight is 258 g/mol. The van der Waals surface area contributed by atoms with Crippen molar-refractivity contribution in [3.8, 4) is 0 Å². The molecule has 97 valence electrons. The molecule has 0 amide bonds. The van der Waals surface area contributed by atoms with Gasteiger partial charge in [-0.1, -0.05) is 80.4 Å². The van der Waals surface area contributed by atoms with Crippen LogP contribution in [0.5, 0.6) is 0 Å². The monoisotopic (exact) mass is 257 g/mol. The predicted molar refractivity (Wildman–Crippen MR) is 82.4 cm³/mol. The lowest BCUT2D eigenvalue weighted by Crippen LogP contribution is -2.58. The van der Waals surface area contributed by atoms with Crippen molar-refractivity contribution in [1.82, 2.24) is 0 Å². The molecule has 0 heterocycles. The first-order chi connectivity index (χ1) is 7.05. The first-order valence-corrected chi connectivity index (χ1v) is 12.1. The molecule has 0 atom stereocenters. The Morgan fingerprint density at radius 3 is 1.00 bits per heavy atom. The molecule has 16 heavy (non-hydrogen) atoms. The Balaban J connectivity index is 5.49. The molecule has 0 rings (SSSR count). The Bertz CT molecular complexity index is 181. The Labute approximate surface area is 107 Å². The minimum absolute atomic E-state index is 0.287. The summed E-state index contributed by atoms with van der Waals surface area (Å²) in [4.78, 5) is 0. The Hall–Kier alpha value is 0.434. The molecule has 0 aliphatic heterocycles. The van der Waals surface area contributed by atoms with Crippen molar-refractivity contribution in [1.29, 1.82) is 0 Å². The van der Waals surface area contributed by atoms with Crippen molar-refractivity contribution in [2.45, 2.75) is 90.5 Å². The van der Waals surface area contributed by atoms with Crippen LogP contribution in [0.25, 0.3) is 0 Å². The molecule has 1 radical (unpaired) electrons. The second-order valence-corrected chi connectivity index (χ2v) is 20.3. The molecule has 0 aliphatic carbocycles. The molecule has 0 fully saturated rings. The van der Waals surface area contributed by atoms with Crippen molar-refractivity contribution >= 4 is 15.9 Å². The summed E-state index contributed by atoms with van der Waals surface area (Å²) in [6.07, 6.45) is 0. The van der Waals surface area contributed by atoms with Crippen LogP contribution in [0.4, 0.5) is 0 Å². The first-order valence-electron chi connectivity index (χ1n) is 6.93. The van der Waals surface area contributed by atoms with Gasteiger partial charge in [0.1, 0.15) is 0 Å². The van der Waals surface area contributed by atoms with Crippen LogP contribution in [0.15, 0.2) is 0 Å². The van der Waals surface area contributed by atoms with Crippen molar-refractivity contribution in [3.05, 3.63) is 0 Å². The maximum atomic E-state index is 2.50. The lowest BCUT2D eigenvalue weighted by Gasteiger charge is -2.50. The fraction of sp³-hybridized carbons (Fsp3) is 1.00. The van der Waals surface area contributed by atoms with Gasteiger partial charge in [-0.3, -0.25) is 0 Å². The van der Waals surface area contributed by atoms with E-state index in [9.17, 15) is 0 Å². The Kier molecular flexibility index (Phi) is 5.53. The van der Waals surface area contributed by atoms with Gasteiger partial charge in [0.2, 0.25) is 0 Å². The highest BCUT2D eigenvalue weighted by atomic mass is 29.2. The topological polar surface area (TPSA) is 0 Å². The second-order valence-electron chi connectivity index (χ2n) is 7.22. The normalized spacial score (nSPS) is 14.6. The minimum Gasteiger partial charge on any atom is -0.0680 e. The van der Waals surface area contributed by atoms with Crippen molar-refractivity contribution in [2.75, 3.05) is 0 Å². The van der Waals surface area contributed by atoms with E-state index < -0.39 is 7.59 Å². The van der Waals surface area contributed by atoms with Crippen LogP contribution in [-0.4, -0.2) is 15.9 Å². The van der Waals surface area contributed by atoms with Gasteiger partial charge in [0.15, 0.2) is 0 Å². The zero-order valence-corrected chi connectivity index (χ0v) is 15.1. The van der Waals surface area contributed by atoms with Gasteiger partial charge in [-0.15, -0.1) is 0 Å². The van der Waals surface area contributed by atoms with Crippen LogP contribution in [0.3, 0.4) is 0 Å². The van der Waals surface area contributed by atoms with Gasteiger partial charge in [0.25, 0.3) is 0 Å². The van der Waals surface area contributed by atoms with Crippen LogP contribution in [0.2, 0.25) is 28.2 Å². The first kappa shape index (κ1) is 16.4. The zero-order chi connectivity index (χ0) is 13.2. The Morgan fingerprint density at radius 1 is 0.688 bits per heavy atom. The molecule has 0 aromatic carbocycles. The molecule has 0 unspecified atom stereocenters. The van der Waals surface area contributed by atoms with E-state index in [-0.39, 0.29) is 8.31 Å². The molecule has 0 aromatic rings. The SMILES string of the molecule is CC[Si](CC)(CC)[Si](C(C)(C)C)C(C)(C)C. The van der Waals surface area contributed by atoms with E-state index in [2.05, 4.69) is 62.3 Å². The summed E-state index contributed by atoms with van der Waals surface area (Å²) in [6, 6.07) is 4.47. The molecule has 0 saturated heterocycles. The summed E-state index contributed by atoms with van der Waals surface area (Å²) in [5, 5.41) is 1.11. The van der Waals surface area contributed by atoms with Crippen LogP contribution in [0.1, 0.15) is 62.3 Å². The zero-order valence-electron chi connectivity index (χ0n) is 13.1. The van der Waals surface area contributed by atoms with Gasteiger partial charge in [0, 0.05) is 7.59 Å². The van der Waals surface area contributed by atoms with Gasteiger partial charge >= 0.3 is 0 Å². The van der Waals surface area contributed by atoms with Gasteiger partial charge in [-0.25, -0.2) is 0 Å². The van der Waals surface area contributed by atoms with E-state index in [1.165, 1.54) is 18.1 Å². The third-order valence-electron chi connectivity index (χ3n) is 4.06. The summed E-state index contributed by atoms with van der Waals surface area (Å²) in [7, 11) is -1.30. The van der Waals surface area contributed by atoms with E-state index in [1.807, 2.05) is 0 Å². The Morgan fingerprint density at radius 2 is 0.938 bits per heavy atom. The average Bonchev–Trinajstić information content (AvgIpc) is 2.10. The fourth-order valence-corrected chi connectivity index (χ4v) is 24.7. The molecular weight excluding hydrogens is 224 g/mol. The minimum atomic E-state index is -1.02. The van der Waals surface area contributed by atoms with Gasteiger partial charge in [-0.2, -0.15) is 0 Å². The highest BCUT2D eigenvalue weighted by Gasteiger charge is 2.49. The summed E-state index contributed by atoms with van der Waals surface area (Å²) in [5.74, 6) is 0. The highest BCUT2D eigenvalue weighted by Crippen LogP contribution is 2.49. The molecule has 0 aromatic heterocycles. The van der Waals surface area contributed by atoms with E-state index in [1.54, 1.807) is 0 Å². The molecule has 0 nitrogen and oxygen atoms in total. The van der Waals surface area contributed by atoms with Crippen molar-refractivity contribution in [2.24, 2.45) is 0 Å². The van der Waals surface area contributed by atoms with Crippen LogP contribution >= 0.6 is 0 Å². The van der Waals surface area contributed by atoms with E-state index in [0.717, 1.165) is 0 Å². The van der Waals surface area contributed by atoms with E-state index in [4.69, 9.17) is 0 Å². The lowest BCUT2D eigenvalue weighted by atomic mass is 10.2. The molecule has 0 spiro atoms. The quantitative estimate of drug-likeness (QED) is 0.569. The summed E-state index contributed by atoms with van der Waals surface area (Å²) in [5.41, 5.74) is 0. The van der Waals surface area contributed by atoms with Crippen LogP contribution < -0.4 is 0 Å². The summed E-state index contributed by atoms with van der Waals surface area (Å²) < 4.78 is 0. The smallest absolute Gasteiger partial charge is 0.0529 e. The van der Waals surface area contributed by atoms with Gasteiger partial charge in [0.05, 0.1) is 8.31 Å². The largest absolute Gasteiger partial charge is 0.0680 e. The number of hydrogen-bond donors (Lipinski definition) is 0. The number of rotatable bonds is 4. The third kappa shape index (κ3) is 3.46. The van der Waals surface area contributed by atoms with Crippen molar-refractivity contribution < 1.29 is 0 Å². The van der Waals surface area contributed by atoms with Crippen LogP contribution in [0, 0.1) is 0 Å². The van der Waals surface area contributed by atoms with E-state index >= 15 is 0 Å². The molecular formula is C14H33Si2. The fourth-order valence-electron chi connectivity index (χ4n) is 4.00. The van der Waals surface area contributed by atoms with Crippen molar-refractivity contribution in [3.63, 3.8) is 0 Å². The molecule has 0 bridgehead atoms. The standard InChI is InChI=1S/C14H33Si2/c1-10-16(11-2,12-3)15(13(4,5)6)14(7,8)9/h10-12H2,1-9H3. The highest BCUT2D eigenvalue weighted by molar-refractivity contribution is 7.35. The summed E-state index contributed by atoms with van der Waals surface area (Å²) >= 11 is 0. The molecule has 2 heteroatoms. The lowest BCUT2D eigenvalue weighted by molar-refractivity contribution is 0.655. The van der Waals surface area contributed by atoms with Gasteiger partial charge < -0.3 is 0 Å². The maximum absolute atomic E-state index is 2.50. The number of hydrogen-bond acceptors (Lipinski definition) is 0. The molecule has 0 N–H and O–H groups in total. The van der Waals surface area contributed by atoms with Gasteiger partial charge in [-0.05, 0) is 10.1 Å². The second kappa shape index (κ2) is 5.39.